The number of aromatic hydroxyl groups is 1. The lowest BCUT2D eigenvalue weighted by Gasteiger charge is -2.19. The zero-order valence-corrected chi connectivity index (χ0v) is 12.9. The van der Waals surface area contributed by atoms with Crippen LogP contribution in [0.2, 0.25) is 0 Å². The van der Waals surface area contributed by atoms with Crippen LogP contribution in [0.25, 0.3) is 0 Å². The Kier molecular flexibility index (Phi) is 4.39. The van der Waals surface area contributed by atoms with Crippen LogP contribution in [0, 0.1) is 5.82 Å². The summed E-state index contributed by atoms with van der Waals surface area (Å²) in [6.07, 6.45) is 3.36. The summed E-state index contributed by atoms with van der Waals surface area (Å²) in [6.45, 7) is 5.59. The van der Waals surface area contributed by atoms with Crippen molar-refractivity contribution in [1.82, 2.24) is 0 Å². The quantitative estimate of drug-likeness (QED) is 0.637. The van der Waals surface area contributed by atoms with Gasteiger partial charge in [-0.05, 0) is 64.2 Å². The van der Waals surface area contributed by atoms with Gasteiger partial charge in [0.25, 0.3) is 0 Å². The van der Waals surface area contributed by atoms with Crippen molar-refractivity contribution in [3.05, 3.63) is 29.1 Å². The summed E-state index contributed by atoms with van der Waals surface area (Å²) in [4.78, 5) is 0. The van der Waals surface area contributed by atoms with Crippen LogP contribution in [0.5, 0.6) is 5.75 Å². The number of phenolic OH excluding ortho intramolecular Hbond substituents is 1. The predicted octanol–water partition coefficient (Wildman–Crippen LogP) is 3.51. The minimum Gasteiger partial charge on any atom is -0.591 e. The van der Waals surface area contributed by atoms with E-state index >= 15 is 0 Å². The molecule has 0 radical (unpaired) electrons. The molecule has 0 fully saturated rings. The fourth-order valence-corrected chi connectivity index (χ4v) is 2.82. The van der Waals surface area contributed by atoms with Crippen molar-refractivity contribution in [2.45, 2.75) is 51.2 Å². The summed E-state index contributed by atoms with van der Waals surface area (Å²) in [5, 5.41) is 9.49. The number of hydrogen-bond donors (Lipinski definition) is 1. The molecule has 0 saturated carbocycles. The van der Waals surface area contributed by atoms with Gasteiger partial charge in [-0.1, -0.05) is 4.40 Å². The van der Waals surface area contributed by atoms with Crippen LogP contribution in [0.15, 0.2) is 16.5 Å². The Balaban J connectivity index is 2.46. The number of aryl methyl sites for hydroxylation is 1. The molecule has 1 aliphatic rings. The van der Waals surface area contributed by atoms with E-state index in [9.17, 15) is 14.0 Å². The maximum Gasteiger partial charge on any atom is 0.165 e. The van der Waals surface area contributed by atoms with Crippen LogP contribution in [0.4, 0.5) is 4.39 Å². The monoisotopic (exact) mass is 297 g/mol. The highest BCUT2D eigenvalue weighted by Crippen LogP contribution is 2.29. The zero-order chi connectivity index (χ0) is 14.9. The molecule has 0 bridgehead atoms. The second-order valence-electron chi connectivity index (χ2n) is 6.07. The summed E-state index contributed by atoms with van der Waals surface area (Å²) in [6, 6.07) is 2.78. The first kappa shape index (κ1) is 15.3. The minimum atomic E-state index is -1.36. The number of halogens is 1. The number of fused-ring (bicyclic) bond motifs is 1. The fraction of sp³-hybridized carbons (Fsp3) is 0.533. The Bertz CT molecular complexity index is 537. The van der Waals surface area contributed by atoms with Gasteiger partial charge in [0.2, 0.25) is 0 Å². The van der Waals surface area contributed by atoms with Gasteiger partial charge in [-0.25, -0.2) is 4.39 Å². The molecule has 0 aromatic heterocycles. The van der Waals surface area contributed by atoms with Crippen molar-refractivity contribution in [3.63, 3.8) is 0 Å². The number of phenols is 1. The summed E-state index contributed by atoms with van der Waals surface area (Å²) in [7, 11) is 0. The average molecular weight is 297 g/mol. The van der Waals surface area contributed by atoms with Gasteiger partial charge in [-0.3, -0.25) is 0 Å². The van der Waals surface area contributed by atoms with Gasteiger partial charge in [0, 0.05) is 5.56 Å². The van der Waals surface area contributed by atoms with Gasteiger partial charge >= 0.3 is 0 Å². The second kappa shape index (κ2) is 5.74. The highest BCUT2D eigenvalue weighted by atomic mass is 32.2. The maximum atomic E-state index is 13.6. The number of nitrogens with zero attached hydrogens (tertiary/aromatic N) is 1. The summed E-state index contributed by atoms with van der Waals surface area (Å²) < 4.78 is 29.7. The molecule has 0 heterocycles. The molecule has 0 spiro atoms. The molecule has 2 rings (SSSR count). The molecule has 0 amide bonds. The number of rotatable bonds is 1. The molecule has 0 saturated heterocycles. The molecule has 1 atom stereocenters. The third-order valence-corrected chi connectivity index (χ3v) is 4.74. The first-order valence-corrected chi connectivity index (χ1v) is 7.91. The highest BCUT2D eigenvalue weighted by molar-refractivity contribution is 7.91. The second-order valence-corrected chi connectivity index (χ2v) is 7.97. The third-order valence-electron chi connectivity index (χ3n) is 3.31. The van der Waals surface area contributed by atoms with E-state index < -0.39 is 21.9 Å². The molecule has 0 aliphatic heterocycles. The van der Waals surface area contributed by atoms with Crippen molar-refractivity contribution < 1.29 is 14.0 Å². The lowest BCUT2D eigenvalue weighted by atomic mass is 10.0. The number of hydrogen-bond acceptors (Lipinski definition) is 3. The van der Waals surface area contributed by atoms with Crippen molar-refractivity contribution in [2.75, 3.05) is 0 Å². The van der Waals surface area contributed by atoms with Crippen LogP contribution < -0.4 is 0 Å². The van der Waals surface area contributed by atoms with E-state index in [-0.39, 0.29) is 5.75 Å². The van der Waals surface area contributed by atoms with Gasteiger partial charge in [0.05, 0.1) is 5.71 Å². The van der Waals surface area contributed by atoms with Crippen LogP contribution in [0.1, 0.15) is 51.2 Å². The first-order valence-electron chi connectivity index (χ1n) is 6.80. The van der Waals surface area contributed by atoms with E-state index in [1.807, 2.05) is 20.8 Å². The molecule has 1 aromatic rings. The molecule has 1 aliphatic carbocycles. The van der Waals surface area contributed by atoms with E-state index in [4.69, 9.17) is 0 Å². The van der Waals surface area contributed by atoms with E-state index in [1.54, 1.807) is 0 Å². The van der Waals surface area contributed by atoms with Gasteiger partial charge in [0.1, 0.15) is 16.1 Å². The predicted molar refractivity (Wildman–Crippen MR) is 80.1 cm³/mol. The lowest BCUT2D eigenvalue weighted by Crippen LogP contribution is -2.27. The SMILES string of the molecule is CC(C)(C)[S+]([O-])/N=C1\CCCCc2cc(O)c(F)cc21. The van der Waals surface area contributed by atoms with Crippen LogP contribution in [-0.2, 0) is 17.8 Å². The standard InChI is InChI=1S/C15H20FNO2S/c1-15(2,3)20(19)17-13-7-5-4-6-10-8-14(18)12(16)9-11(10)13/h8-9,18H,4-7H2,1-3H3/b17-13+. The Morgan fingerprint density at radius 3 is 2.55 bits per heavy atom. The maximum absolute atomic E-state index is 13.6. The van der Waals surface area contributed by atoms with E-state index in [2.05, 4.69) is 4.40 Å². The molecule has 1 N–H and O–H groups in total. The normalized spacial score (nSPS) is 19.6. The first-order chi connectivity index (χ1) is 9.29. The summed E-state index contributed by atoms with van der Waals surface area (Å²) >= 11 is -1.36. The Morgan fingerprint density at radius 2 is 1.90 bits per heavy atom. The van der Waals surface area contributed by atoms with Gasteiger partial charge in [-0.15, -0.1) is 0 Å². The number of benzene rings is 1. The summed E-state index contributed by atoms with van der Waals surface area (Å²) in [5.74, 6) is -0.984. The minimum absolute atomic E-state index is 0.332. The molecule has 1 unspecified atom stereocenters. The third kappa shape index (κ3) is 3.33. The molecular weight excluding hydrogens is 277 g/mol. The smallest absolute Gasteiger partial charge is 0.165 e. The molecule has 1 aromatic carbocycles. The van der Waals surface area contributed by atoms with Crippen molar-refractivity contribution >= 4 is 17.1 Å². The largest absolute Gasteiger partial charge is 0.591 e. The Labute approximate surface area is 122 Å². The van der Waals surface area contributed by atoms with Crippen LogP contribution in [0.3, 0.4) is 0 Å². The van der Waals surface area contributed by atoms with E-state index in [0.717, 1.165) is 24.8 Å². The van der Waals surface area contributed by atoms with E-state index in [0.29, 0.717) is 17.7 Å². The highest BCUT2D eigenvalue weighted by Gasteiger charge is 2.28. The van der Waals surface area contributed by atoms with Crippen LogP contribution in [-0.4, -0.2) is 20.1 Å². The summed E-state index contributed by atoms with van der Waals surface area (Å²) in [5.41, 5.74) is 2.26. The Morgan fingerprint density at radius 1 is 1.25 bits per heavy atom. The lowest BCUT2D eigenvalue weighted by molar-refractivity contribution is 0.431. The molecule has 5 heteroatoms. The topological polar surface area (TPSA) is 55.7 Å². The van der Waals surface area contributed by atoms with Crippen molar-refractivity contribution in [2.24, 2.45) is 4.40 Å². The molecular formula is C15H20FNO2S. The average Bonchev–Trinajstić information content (AvgIpc) is 2.52. The van der Waals surface area contributed by atoms with Crippen molar-refractivity contribution in [3.8, 4) is 5.75 Å². The van der Waals surface area contributed by atoms with Gasteiger partial charge in [0.15, 0.2) is 11.6 Å². The van der Waals surface area contributed by atoms with Crippen LogP contribution >= 0.6 is 0 Å². The Hall–Kier alpha value is -1.07. The fourth-order valence-electron chi connectivity index (χ4n) is 2.15. The zero-order valence-electron chi connectivity index (χ0n) is 12.1. The molecule has 110 valence electrons. The van der Waals surface area contributed by atoms with Crippen molar-refractivity contribution in [1.29, 1.82) is 0 Å². The van der Waals surface area contributed by atoms with Gasteiger partial charge < -0.3 is 9.66 Å². The molecule has 3 nitrogen and oxygen atoms in total. The van der Waals surface area contributed by atoms with Gasteiger partial charge in [-0.2, -0.15) is 0 Å². The van der Waals surface area contributed by atoms with E-state index in [1.165, 1.54) is 12.1 Å². The molecule has 20 heavy (non-hydrogen) atoms.